The molecule has 0 aromatic carbocycles. The lowest BCUT2D eigenvalue weighted by Crippen LogP contribution is -2.47. The number of carbonyl (C=O) groups excluding carboxylic acids is 1. The van der Waals surface area contributed by atoms with Crippen LogP contribution in [0.2, 0.25) is 0 Å². The Bertz CT molecular complexity index is 269. The standard InChI is InChI=1S/C15H30N2O2/c1-11(2)10-19-9-5-8-17-15(18)13-7-4-6-12(3)14(13)16/h11-14H,4-10,16H2,1-3H3,(H,17,18). The molecule has 1 aliphatic carbocycles. The maximum atomic E-state index is 12.1. The summed E-state index contributed by atoms with van der Waals surface area (Å²) in [5.74, 6) is 1.15. The van der Waals surface area contributed by atoms with Gasteiger partial charge in [0.25, 0.3) is 0 Å². The molecule has 1 amide bonds. The highest BCUT2D eigenvalue weighted by Crippen LogP contribution is 2.27. The summed E-state index contributed by atoms with van der Waals surface area (Å²) in [5.41, 5.74) is 6.12. The molecular weight excluding hydrogens is 240 g/mol. The summed E-state index contributed by atoms with van der Waals surface area (Å²) in [6.07, 6.45) is 4.07. The minimum atomic E-state index is 0.000308. The second-order valence-corrected chi connectivity index (χ2v) is 6.21. The fourth-order valence-corrected chi connectivity index (χ4v) is 2.58. The molecule has 3 N–H and O–H groups in total. The number of nitrogens with one attached hydrogen (secondary N) is 1. The average molecular weight is 270 g/mol. The van der Waals surface area contributed by atoms with Crippen molar-refractivity contribution >= 4 is 5.91 Å². The monoisotopic (exact) mass is 270 g/mol. The zero-order valence-electron chi connectivity index (χ0n) is 12.7. The molecule has 3 unspecified atom stereocenters. The van der Waals surface area contributed by atoms with E-state index in [1.54, 1.807) is 0 Å². The molecule has 0 radical (unpaired) electrons. The normalized spacial score (nSPS) is 27.5. The Morgan fingerprint density at radius 2 is 2.16 bits per heavy atom. The summed E-state index contributed by atoms with van der Waals surface area (Å²) in [6.45, 7) is 8.60. The van der Waals surface area contributed by atoms with Gasteiger partial charge in [0.1, 0.15) is 0 Å². The van der Waals surface area contributed by atoms with Crippen molar-refractivity contribution in [1.29, 1.82) is 0 Å². The highest BCUT2D eigenvalue weighted by Gasteiger charge is 2.32. The summed E-state index contributed by atoms with van der Waals surface area (Å²) in [5, 5.41) is 2.99. The number of nitrogens with two attached hydrogens (primary N) is 1. The van der Waals surface area contributed by atoms with Gasteiger partial charge in [-0.05, 0) is 31.1 Å². The summed E-state index contributed by atoms with van der Waals surface area (Å²) >= 11 is 0. The van der Waals surface area contributed by atoms with E-state index in [1.807, 2.05) is 0 Å². The largest absolute Gasteiger partial charge is 0.381 e. The van der Waals surface area contributed by atoms with Gasteiger partial charge in [-0.3, -0.25) is 4.79 Å². The van der Waals surface area contributed by atoms with Crippen molar-refractivity contribution in [1.82, 2.24) is 5.32 Å². The van der Waals surface area contributed by atoms with Crippen LogP contribution in [0.5, 0.6) is 0 Å². The lowest BCUT2D eigenvalue weighted by molar-refractivity contribution is -0.127. The molecule has 0 aromatic heterocycles. The number of rotatable bonds is 7. The van der Waals surface area contributed by atoms with Crippen molar-refractivity contribution in [3.05, 3.63) is 0 Å². The van der Waals surface area contributed by atoms with Gasteiger partial charge in [0.2, 0.25) is 5.91 Å². The topological polar surface area (TPSA) is 64.3 Å². The Hall–Kier alpha value is -0.610. The van der Waals surface area contributed by atoms with Crippen molar-refractivity contribution < 1.29 is 9.53 Å². The Morgan fingerprint density at radius 3 is 2.84 bits per heavy atom. The van der Waals surface area contributed by atoms with E-state index in [2.05, 4.69) is 26.1 Å². The molecule has 0 bridgehead atoms. The van der Waals surface area contributed by atoms with E-state index in [0.29, 0.717) is 25.0 Å². The fourth-order valence-electron chi connectivity index (χ4n) is 2.58. The van der Waals surface area contributed by atoms with E-state index in [9.17, 15) is 4.79 Å². The third kappa shape index (κ3) is 5.91. The summed E-state index contributed by atoms with van der Waals surface area (Å²) in [6, 6.07) is 0.0194. The molecule has 0 spiro atoms. The molecule has 1 rings (SSSR count). The zero-order valence-corrected chi connectivity index (χ0v) is 12.7. The first-order valence-corrected chi connectivity index (χ1v) is 7.63. The lowest BCUT2D eigenvalue weighted by atomic mass is 9.78. The highest BCUT2D eigenvalue weighted by atomic mass is 16.5. The molecule has 0 aliphatic heterocycles. The van der Waals surface area contributed by atoms with Gasteiger partial charge >= 0.3 is 0 Å². The van der Waals surface area contributed by atoms with E-state index in [0.717, 1.165) is 32.3 Å². The van der Waals surface area contributed by atoms with Crippen LogP contribution in [0.4, 0.5) is 0 Å². The highest BCUT2D eigenvalue weighted by molar-refractivity contribution is 5.79. The van der Waals surface area contributed by atoms with E-state index in [-0.39, 0.29) is 17.9 Å². The third-order valence-electron chi connectivity index (χ3n) is 3.85. The minimum Gasteiger partial charge on any atom is -0.381 e. The quantitative estimate of drug-likeness (QED) is 0.695. The van der Waals surface area contributed by atoms with E-state index < -0.39 is 0 Å². The first-order valence-electron chi connectivity index (χ1n) is 7.63. The molecule has 1 saturated carbocycles. The average Bonchev–Trinajstić information content (AvgIpc) is 2.36. The molecule has 3 atom stereocenters. The molecule has 4 nitrogen and oxygen atoms in total. The molecule has 112 valence electrons. The molecule has 1 fully saturated rings. The Kier molecular flexibility index (Phi) is 7.39. The van der Waals surface area contributed by atoms with Gasteiger partial charge in [-0.25, -0.2) is 0 Å². The van der Waals surface area contributed by atoms with Gasteiger partial charge in [-0.15, -0.1) is 0 Å². The molecule has 19 heavy (non-hydrogen) atoms. The summed E-state index contributed by atoms with van der Waals surface area (Å²) in [7, 11) is 0. The fraction of sp³-hybridized carbons (Fsp3) is 0.933. The van der Waals surface area contributed by atoms with Crippen LogP contribution < -0.4 is 11.1 Å². The Labute approximate surface area is 117 Å². The maximum absolute atomic E-state index is 12.1. The van der Waals surface area contributed by atoms with Gasteiger partial charge in [-0.1, -0.05) is 27.2 Å². The van der Waals surface area contributed by atoms with Gasteiger partial charge in [0.05, 0.1) is 5.92 Å². The predicted molar refractivity (Wildman–Crippen MR) is 77.8 cm³/mol. The maximum Gasteiger partial charge on any atom is 0.224 e. The third-order valence-corrected chi connectivity index (χ3v) is 3.85. The van der Waals surface area contributed by atoms with Crippen molar-refractivity contribution in [2.24, 2.45) is 23.5 Å². The van der Waals surface area contributed by atoms with Crippen molar-refractivity contribution in [2.75, 3.05) is 19.8 Å². The predicted octanol–water partition coefficient (Wildman–Crippen LogP) is 1.93. The molecule has 0 saturated heterocycles. The Balaban J connectivity index is 2.13. The Morgan fingerprint density at radius 1 is 1.42 bits per heavy atom. The zero-order chi connectivity index (χ0) is 14.3. The SMILES string of the molecule is CC(C)COCCCNC(=O)C1CCCC(C)C1N. The van der Waals surface area contributed by atoms with Crippen LogP contribution in [0.25, 0.3) is 0 Å². The first kappa shape index (κ1) is 16.4. The molecule has 1 aliphatic rings. The van der Waals surface area contributed by atoms with Gasteiger partial charge < -0.3 is 15.8 Å². The molecule has 0 aromatic rings. The van der Waals surface area contributed by atoms with E-state index in [4.69, 9.17) is 10.5 Å². The summed E-state index contributed by atoms with van der Waals surface area (Å²) < 4.78 is 5.48. The van der Waals surface area contributed by atoms with Crippen LogP contribution in [0, 0.1) is 17.8 Å². The molecule has 4 heteroatoms. The van der Waals surface area contributed by atoms with Crippen LogP contribution in [-0.4, -0.2) is 31.7 Å². The number of amides is 1. The van der Waals surface area contributed by atoms with E-state index in [1.165, 1.54) is 0 Å². The number of ether oxygens (including phenoxy) is 1. The number of hydrogen-bond donors (Lipinski definition) is 2. The second kappa shape index (κ2) is 8.54. The first-order chi connectivity index (χ1) is 9.02. The van der Waals surface area contributed by atoms with Gasteiger partial charge in [-0.2, -0.15) is 0 Å². The van der Waals surface area contributed by atoms with Crippen molar-refractivity contribution in [3.8, 4) is 0 Å². The smallest absolute Gasteiger partial charge is 0.224 e. The molecule has 0 heterocycles. The number of hydrogen-bond acceptors (Lipinski definition) is 3. The van der Waals surface area contributed by atoms with Crippen LogP contribution in [0.1, 0.15) is 46.5 Å². The van der Waals surface area contributed by atoms with Crippen LogP contribution in [0.3, 0.4) is 0 Å². The summed E-state index contributed by atoms with van der Waals surface area (Å²) in [4.78, 5) is 12.1. The number of carbonyl (C=O) groups is 1. The van der Waals surface area contributed by atoms with Gasteiger partial charge in [0, 0.05) is 25.8 Å². The van der Waals surface area contributed by atoms with Crippen LogP contribution in [0.15, 0.2) is 0 Å². The molecular formula is C15H30N2O2. The second-order valence-electron chi connectivity index (χ2n) is 6.21. The van der Waals surface area contributed by atoms with Crippen molar-refractivity contribution in [3.63, 3.8) is 0 Å². The van der Waals surface area contributed by atoms with Crippen molar-refractivity contribution in [2.45, 2.75) is 52.5 Å². The van der Waals surface area contributed by atoms with E-state index >= 15 is 0 Å². The van der Waals surface area contributed by atoms with Crippen LogP contribution in [-0.2, 0) is 9.53 Å². The van der Waals surface area contributed by atoms with Gasteiger partial charge in [0.15, 0.2) is 0 Å². The minimum absolute atomic E-state index is 0.000308. The van der Waals surface area contributed by atoms with Crippen LogP contribution >= 0.6 is 0 Å². The lowest BCUT2D eigenvalue weighted by Gasteiger charge is -2.32.